The average Bonchev–Trinajstić information content (AvgIpc) is 2.38. The van der Waals surface area contributed by atoms with Gasteiger partial charge in [-0.3, -0.25) is 0 Å². The summed E-state index contributed by atoms with van der Waals surface area (Å²) in [7, 11) is 0. The lowest BCUT2D eigenvalue weighted by Crippen LogP contribution is -2.27. The molecule has 3 nitrogen and oxygen atoms in total. The number of anilines is 1. The van der Waals surface area contributed by atoms with Crippen LogP contribution in [0, 0.1) is 5.41 Å². The van der Waals surface area contributed by atoms with Crippen molar-refractivity contribution in [2.45, 2.75) is 38.5 Å². The zero-order valence-electron chi connectivity index (χ0n) is 11.3. The molecule has 1 aliphatic rings. The maximum Gasteiger partial charge on any atom is 0.0408 e. The van der Waals surface area contributed by atoms with Gasteiger partial charge in [0.2, 0.25) is 0 Å². The van der Waals surface area contributed by atoms with Crippen LogP contribution in [-0.4, -0.2) is 19.3 Å². The second-order valence-electron chi connectivity index (χ2n) is 5.44. The van der Waals surface area contributed by atoms with Gasteiger partial charge in [0.25, 0.3) is 0 Å². The first-order valence-corrected chi connectivity index (χ1v) is 6.78. The Kier molecular flexibility index (Phi) is 4.02. The highest BCUT2D eigenvalue weighted by Gasteiger charge is 2.20. The van der Waals surface area contributed by atoms with E-state index in [2.05, 4.69) is 25.2 Å². The molecule has 1 aromatic rings. The first-order chi connectivity index (χ1) is 8.63. The molecule has 0 aromatic heterocycles. The third-order valence-electron chi connectivity index (χ3n) is 3.86. The van der Waals surface area contributed by atoms with Gasteiger partial charge in [0, 0.05) is 17.5 Å². The smallest absolute Gasteiger partial charge is 0.0408 e. The van der Waals surface area contributed by atoms with Crippen LogP contribution in [0.4, 0.5) is 5.69 Å². The van der Waals surface area contributed by atoms with E-state index in [4.69, 9.17) is 11.1 Å². The Morgan fingerprint density at radius 2 is 2.00 bits per heavy atom. The molecule has 0 aliphatic carbocycles. The number of benzene rings is 1. The molecule has 1 aromatic carbocycles. The van der Waals surface area contributed by atoms with Gasteiger partial charge in [-0.25, -0.2) is 0 Å². The fraction of sp³-hybridized carbons (Fsp3) is 0.533. The van der Waals surface area contributed by atoms with Crippen LogP contribution < -0.4 is 11.1 Å². The molecule has 0 radical (unpaired) electrons. The van der Waals surface area contributed by atoms with Crippen LogP contribution in [0.3, 0.4) is 0 Å². The SMILES string of the molecule is CC(C)c1cc(N)c(C=N)c(C2CCNCC2)c1. The summed E-state index contributed by atoms with van der Waals surface area (Å²) in [6.45, 7) is 6.50. The number of rotatable bonds is 3. The molecule has 1 heterocycles. The summed E-state index contributed by atoms with van der Waals surface area (Å²) in [6.07, 6.45) is 3.69. The number of nitrogens with two attached hydrogens (primary N) is 1. The van der Waals surface area contributed by atoms with E-state index in [-0.39, 0.29) is 0 Å². The van der Waals surface area contributed by atoms with Crippen molar-refractivity contribution < 1.29 is 0 Å². The number of hydrogen-bond acceptors (Lipinski definition) is 3. The molecular weight excluding hydrogens is 222 g/mol. The van der Waals surface area contributed by atoms with Gasteiger partial charge in [-0.1, -0.05) is 19.9 Å². The zero-order chi connectivity index (χ0) is 13.1. The van der Waals surface area contributed by atoms with Crippen molar-refractivity contribution in [1.82, 2.24) is 5.32 Å². The molecule has 0 amide bonds. The highest BCUT2D eigenvalue weighted by molar-refractivity contribution is 5.87. The molecule has 4 N–H and O–H groups in total. The van der Waals surface area contributed by atoms with Gasteiger partial charge in [-0.15, -0.1) is 0 Å². The van der Waals surface area contributed by atoms with Gasteiger partial charge < -0.3 is 16.5 Å². The van der Waals surface area contributed by atoms with E-state index < -0.39 is 0 Å². The molecule has 3 heteroatoms. The monoisotopic (exact) mass is 245 g/mol. The summed E-state index contributed by atoms with van der Waals surface area (Å²) in [5.41, 5.74) is 10.3. The highest BCUT2D eigenvalue weighted by Crippen LogP contribution is 2.33. The van der Waals surface area contributed by atoms with Crippen molar-refractivity contribution >= 4 is 11.9 Å². The molecule has 0 saturated carbocycles. The van der Waals surface area contributed by atoms with E-state index in [1.54, 1.807) is 0 Å². The van der Waals surface area contributed by atoms with Crippen molar-refractivity contribution in [3.63, 3.8) is 0 Å². The zero-order valence-corrected chi connectivity index (χ0v) is 11.3. The van der Waals surface area contributed by atoms with Crippen molar-refractivity contribution in [3.8, 4) is 0 Å². The van der Waals surface area contributed by atoms with Crippen LogP contribution in [0.15, 0.2) is 12.1 Å². The predicted octanol–water partition coefficient (Wildman–Crippen LogP) is 2.86. The van der Waals surface area contributed by atoms with Crippen molar-refractivity contribution in [2.75, 3.05) is 18.8 Å². The van der Waals surface area contributed by atoms with Crippen LogP contribution in [-0.2, 0) is 0 Å². The lowest BCUT2D eigenvalue weighted by atomic mass is 9.84. The van der Waals surface area contributed by atoms with E-state index in [9.17, 15) is 0 Å². The Balaban J connectivity index is 2.44. The fourth-order valence-electron chi connectivity index (χ4n) is 2.69. The van der Waals surface area contributed by atoms with Crippen molar-refractivity contribution in [3.05, 3.63) is 28.8 Å². The summed E-state index contributed by atoms with van der Waals surface area (Å²) in [6, 6.07) is 4.28. The lowest BCUT2D eigenvalue weighted by molar-refractivity contribution is 0.460. The number of hydrogen-bond donors (Lipinski definition) is 3. The maximum absolute atomic E-state index is 7.60. The molecule has 1 fully saturated rings. The fourth-order valence-corrected chi connectivity index (χ4v) is 2.69. The van der Waals surface area contributed by atoms with E-state index in [0.717, 1.165) is 37.2 Å². The summed E-state index contributed by atoms with van der Waals surface area (Å²) < 4.78 is 0. The number of piperidine rings is 1. The molecule has 0 atom stereocenters. The predicted molar refractivity (Wildman–Crippen MR) is 77.7 cm³/mol. The third-order valence-corrected chi connectivity index (χ3v) is 3.86. The Labute approximate surface area is 109 Å². The molecule has 1 aliphatic heterocycles. The average molecular weight is 245 g/mol. The molecule has 0 unspecified atom stereocenters. The lowest BCUT2D eigenvalue weighted by Gasteiger charge is -2.26. The second kappa shape index (κ2) is 5.53. The third kappa shape index (κ3) is 2.56. The van der Waals surface area contributed by atoms with Gasteiger partial charge >= 0.3 is 0 Å². The molecule has 2 rings (SSSR count). The largest absolute Gasteiger partial charge is 0.398 e. The molecular formula is C15H23N3. The minimum absolute atomic E-state index is 0.479. The van der Waals surface area contributed by atoms with Gasteiger partial charge in [0.1, 0.15) is 0 Å². The maximum atomic E-state index is 7.60. The quantitative estimate of drug-likeness (QED) is 0.566. The molecule has 0 bridgehead atoms. The topological polar surface area (TPSA) is 61.9 Å². The van der Waals surface area contributed by atoms with Gasteiger partial charge in [0.15, 0.2) is 0 Å². The standard InChI is InChI=1S/C15H23N3/c1-10(2)12-7-13(11-3-5-18-6-4-11)14(9-16)15(17)8-12/h7-11,16,18H,3-6,17H2,1-2H3. The Bertz CT molecular complexity index is 432. The molecule has 18 heavy (non-hydrogen) atoms. The number of nitrogens with one attached hydrogen (secondary N) is 2. The summed E-state index contributed by atoms with van der Waals surface area (Å²) in [5, 5.41) is 11.0. The van der Waals surface area contributed by atoms with Crippen molar-refractivity contribution in [1.29, 1.82) is 5.41 Å². The van der Waals surface area contributed by atoms with Crippen LogP contribution in [0.25, 0.3) is 0 Å². The first-order valence-electron chi connectivity index (χ1n) is 6.78. The van der Waals surface area contributed by atoms with Crippen molar-refractivity contribution in [2.24, 2.45) is 0 Å². The van der Waals surface area contributed by atoms with E-state index in [1.165, 1.54) is 17.3 Å². The van der Waals surface area contributed by atoms with E-state index in [1.807, 2.05) is 6.07 Å². The summed E-state index contributed by atoms with van der Waals surface area (Å²) in [4.78, 5) is 0. The first kappa shape index (κ1) is 13.1. The minimum Gasteiger partial charge on any atom is -0.398 e. The van der Waals surface area contributed by atoms with Crippen LogP contribution in [0.2, 0.25) is 0 Å². The summed E-state index contributed by atoms with van der Waals surface area (Å²) in [5.74, 6) is 1.02. The van der Waals surface area contributed by atoms with Crippen LogP contribution in [0.1, 0.15) is 55.2 Å². The Morgan fingerprint density at radius 3 is 2.56 bits per heavy atom. The highest BCUT2D eigenvalue weighted by atomic mass is 14.9. The summed E-state index contributed by atoms with van der Waals surface area (Å²) >= 11 is 0. The van der Waals surface area contributed by atoms with E-state index >= 15 is 0 Å². The van der Waals surface area contributed by atoms with E-state index in [0.29, 0.717) is 11.8 Å². The van der Waals surface area contributed by atoms with Gasteiger partial charge in [-0.2, -0.15) is 0 Å². The molecule has 0 spiro atoms. The Hall–Kier alpha value is -1.35. The second-order valence-corrected chi connectivity index (χ2v) is 5.44. The number of nitrogen functional groups attached to an aromatic ring is 1. The molecule has 98 valence electrons. The Morgan fingerprint density at radius 1 is 1.33 bits per heavy atom. The van der Waals surface area contributed by atoms with Gasteiger partial charge in [0.05, 0.1) is 0 Å². The van der Waals surface area contributed by atoms with Crippen LogP contribution in [0.5, 0.6) is 0 Å². The van der Waals surface area contributed by atoms with Crippen LogP contribution >= 0.6 is 0 Å². The normalized spacial score (nSPS) is 17.1. The van der Waals surface area contributed by atoms with Gasteiger partial charge in [-0.05, 0) is 55.0 Å². The molecule has 1 saturated heterocycles. The minimum atomic E-state index is 0.479.